The Morgan fingerprint density at radius 1 is 1.47 bits per heavy atom. The van der Waals surface area contributed by atoms with E-state index in [-0.39, 0.29) is 11.9 Å². The average Bonchev–Trinajstić information content (AvgIpc) is 2.79. The van der Waals surface area contributed by atoms with Gasteiger partial charge < -0.3 is 9.73 Å². The molecule has 1 atom stereocenters. The van der Waals surface area contributed by atoms with E-state index in [1.807, 2.05) is 12.1 Å². The predicted molar refractivity (Wildman–Crippen MR) is 68.8 cm³/mol. The normalized spacial score (nSPS) is 12.4. The van der Waals surface area contributed by atoms with E-state index in [9.17, 15) is 4.79 Å². The Hall–Kier alpha value is -1.25. The summed E-state index contributed by atoms with van der Waals surface area (Å²) in [5, 5.41) is 3.02. The van der Waals surface area contributed by atoms with Gasteiger partial charge in [0.2, 0.25) is 5.91 Å². The summed E-state index contributed by atoms with van der Waals surface area (Å²) in [7, 11) is 0. The van der Waals surface area contributed by atoms with Crippen molar-refractivity contribution >= 4 is 5.91 Å². The van der Waals surface area contributed by atoms with Crippen LogP contribution in [0.15, 0.2) is 22.8 Å². The maximum Gasteiger partial charge on any atom is 0.220 e. The third-order valence-electron chi connectivity index (χ3n) is 2.83. The van der Waals surface area contributed by atoms with Crippen LogP contribution in [0.2, 0.25) is 0 Å². The fourth-order valence-electron chi connectivity index (χ4n) is 1.81. The van der Waals surface area contributed by atoms with Crippen LogP contribution in [0.1, 0.15) is 51.7 Å². The van der Waals surface area contributed by atoms with Crippen LogP contribution < -0.4 is 5.32 Å². The molecule has 1 heterocycles. The summed E-state index contributed by atoms with van der Waals surface area (Å²) in [6.45, 7) is 4.26. The molecule has 1 rings (SSSR count). The molecule has 1 unspecified atom stereocenters. The smallest absolute Gasteiger partial charge is 0.220 e. The van der Waals surface area contributed by atoms with Crippen molar-refractivity contribution in [1.29, 1.82) is 0 Å². The van der Waals surface area contributed by atoms with Crippen LogP contribution in [0.25, 0.3) is 0 Å². The van der Waals surface area contributed by atoms with Crippen molar-refractivity contribution in [3.8, 4) is 0 Å². The lowest BCUT2D eigenvalue weighted by Crippen LogP contribution is -2.32. The van der Waals surface area contributed by atoms with Crippen LogP contribution in [-0.2, 0) is 11.2 Å². The SMILES string of the molecule is CCCCCC(C)NC(=O)CCc1ccco1. The van der Waals surface area contributed by atoms with E-state index in [4.69, 9.17) is 4.42 Å². The van der Waals surface area contributed by atoms with Crippen LogP contribution in [0, 0.1) is 0 Å². The molecule has 96 valence electrons. The Balaban J connectivity index is 2.11. The van der Waals surface area contributed by atoms with Crippen molar-refractivity contribution in [3.63, 3.8) is 0 Å². The minimum atomic E-state index is 0.116. The van der Waals surface area contributed by atoms with Crippen molar-refractivity contribution in [3.05, 3.63) is 24.2 Å². The van der Waals surface area contributed by atoms with Crippen molar-refractivity contribution < 1.29 is 9.21 Å². The molecule has 3 nitrogen and oxygen atoms in total. The zero-order valence-electron chi connectivity index (χ0n) is 10.9. The summed E-state index contributed by atoms with van der Waals surface area (Å²) in [4.78, 5) is 11.6. The molecule has 1 N–H and O–H groups in total. The lowest BCUT2D eigenvalue weighted by atomic mass is 10.1. The van der Waals surface area contributed by atoms with Gasteiger partial charge in [-0.3, -0.25) is 4.79 Å². The zero-order valence-corrected chi connectivity index (χ0v) is 10.9. The molecule has 0 radical (unpaired) electrons. The molecule has 0 saturated carbocycles. The van der Waals surface area contributed by atoms with E-state index in [1.54, 1.807) is 6.26 Å². The Kier molecular flexibility index (Phi) is 6.45. The zero-order chi connectivity index (χ0) is 12.5. The van der Waals surface area contributed by atoms with E-state index in [0.29, 0.717) is 12.8 Å². The Labute approximate surface area is 104 Å². The second-order valence-corrected chi connectivity index (χ2v) is 4.54. The number of aryl methyl sites for hydroxylation is 1. The fourth-order valence-corrected chi connectivity index (χ4v) is 1.81. The van der Waals surface area contributed by atoms with E-state index in [1.165, 1.54) is 19.3 Å². The first-order valence-corrected chi connectivity index (χ1v) is 6.54. The molecule has 17 heavy (non-hydrogen) atoms. The monoisotopic (exact) mass is 237 g/mol. The Morgan fingerprint density at radius 3 is 2.94 bits per heavy atom. The molecule has 0 bridgehead atoms. The van der Waals surface area contributed by atoms with Crippen molar-refractivity contribution in [2.24, 2.45) is 0 Å². The lowest BCUT2D eigenvalue weighted by Gasteiger charge is -2.13. The summed E-state index contributed by atoms with van der Waals surface area (Å²) < 4.78 is 5.19. The van der Waals surface area contributed by atoms with Crippen molar-refractivity contribution in [1.82, 2.24) is 5.32 Å². The van der Waals surface area contributed by atoms with E-state index in [0.717, 1.165) is 12.2 Å². The maximum atomic E-state index is 11.6. The van der Waals surface area contributed by atoms with Crippen LogP contribution in [0.5, 0.6) is 0 Å². The van der Waals surface area contributed by atoms with E-state index in [2.05, 4.69) is 19.2 Å². The number of amides is 1. The molecule has 1 aromatic rings. The van der Waals surface area contributed by atoms with Crippen LogP contribution in [0.3, 0.4) is 0 Å². The van der Waals surface area contributed by atoms with Crippen LogP contribution >= 0.6 is 0 Å². The number of carbonyl (C=O) groups excluding carboxylic acids is 1. The Morgan fingerprint density at radius 2 is 2.29 bits per heavy atom. The maximum absolute atomic E-state index is 11.6. The minimum Gasteiger partial charge on any atom is -0.469 e. The largest absolute Gasteiger partial charge is 0.469 e. The first-order valence-electron chi connectivity index (χ1n) is 6.54. The molecule has 3 heteroatoms. The first kappa shape index (κ1) is 13.8. The van der Waals surface area contributed by atoms with Gasteiger partial charge in [-0.25, -0.2) is 0 Å². The molecule has 0 fully saturated rings. The Bertz CT molecular complexity index is 306. The summed E-state index contributed by atoms with van der Waals surface area (Å²) in [5.74, 6) is 0.990. The topological polar surface area (TPSA) is 42.2 Å². The van der Waals surface area contributed by atoms with Crippen LogP contribution in [0.4, 0.5) is 0 Å². The summed E-state index contributed by atoms with van der Waals surface area (Å²) in [6.07, 6.45) is 7.55. The standard InChI is InChI=1S/C14H23NO2/c1-3-4-5-7-12(2)15-14(16)10-9-13-8-6-11-17-13/h6,8,11-12H,3-5,7,9-10H2,1-2H3,(H,15,16). The van der Waals surface area contributed by atoms with Gasteiger partial charge in [0.25, 0.3) is 0 Å². The summed E-state index contributed by atoms with van der Waals surface area (Å²) in [5.41, 5.74) is 0. The third kappa shape index (κ3) is 6.15. The quantitative estimate of drug-likeness (QED) is 0.705. The van der Waals surface area contributed by atoms with Crippen molar-refractivity contribution in [2.45, 2.75) is 58.4 Å². The molecule has 0 spiro atoms. The number of carbonyl (C=O) groups is 1. The summed E-state index contributed by atoms with van der Waals surface area (Å²) >= 11 is 0. The molecule has 0 aliphatic carbocycles. The van der Waals surface area contributed by atoms with Gasteiger partial charge in [0.15, 0.2) is 0 Å². The number of nitrogens with one attached hydrogen (secondary N) is 1. The second kappa shape index (κ2) is 7.93. The fraction of sp³-hybridized carbons (Fsp3) is 0.643. The molecule has 1 amide bonds. The van der Waals surface area contributed by atoms with Gasteiger partial charge in [-0.05, 0) is 25.5 Å². The van der Waals surface area contributed by atoms with E-state index < -0.39 is 0 Å². The highest BCUT2D eigenvalue weighted by molar-refractivity contribution is 5.76. The molecule has 1 aromatic heterocycles. The minimum absolute atomic E-state index is 0.116. The van der Waals surface area contributed by atoms with Gasteiger partial charge in [-0.15, -0.1) is 0 Å². The molecule has 0 aliphatic rings. The first-order chi connectivity index (χ1) is 8.22. The number of hydrogen-bond donors (Lipinski definition) is 1. The number of furan rings is 1. The lowest BCUT2D eigenvalue weighted by molar-refractivity contribution is -0.121. The van der Waals surface area contributed by atoms with Gasteiger partial charge in [-0.2, -0.15) is 0 Å². The number of hydrogen-bond acceptors (Lipinski definition) is 2. The molecule has 0 aromatic carbocycles. The molecule has 0 aliphatic heterocycles. The van der Waals surface area contributed by atoms with Gasteiger partial charge in [-0.1, -0.05) is 26.2 Å². The summed E-state index contributed by atoms with van der Waals surface area (Å²) in [6, 6.07) is 4.03. The predicted octanol–water partition coefficient (Wildman–Crippen LogP) is 3.30. The highest BCUT2D eigenvalue weighted by Gasteiger charge is 2.07. The van der Waals surface area contributed by atoms with E-state index >= 15 is 0 Å². The van der Waals surface area contributed by atoms with Gasteiger partial charge >= 0.3 is 0 Å². The third-order valence-corrected chi connectivity index (χ3v) is 2.83. The average molecular weight is 237 g/mol. The number of unbranched alkanes of at least 4 members (excludes halogenated alkanes) is 2. The number of rotatable bonds is 8. The van der Waals surface area contributed by atoms with Crippen molar-refractivity contribution in [2.75, 3.05) is 0 Å². The van der Waals surface area contributed by atoms with Gasteiger partial charge in [0.05, 0.1) is 6.26 Å². The van der Waals surface area contributed by atoms with Gasteiger partial charge in [0.1, 0.15) is 5.76 Å². The highest BCUT2D eigenvalue weighted by atomic mass is 16.3. The molecular weight excluding hydrogens is 214 g/mol. The van der Waals surface area contributed by atoms with Gasteiger partial charge in [0, 0.05) is 18.9 Å². The van der Waals surface area contributed by atoms with Crippen LogP contribution in [-0.4, -0.2) is 11.9 Å². The highest BCUT2D eigenvalue weighted by Crippen LogP contribution is 2.05. The second-order valence-electron chi connectivity index (χ2n) is 4.54. The molecular formula is C14H23NO2. The molecule has 0 saturated heterocycles.